The highest BCUT2D eigenvalue weighted by Crippen LogP contribution is 2.27. The Morgan fingerprint density at radius 1 is 1.09 bits per heavy atom. The summed E-state index contributed by atoms with van der Waals surface area (Å²) in [6, 6.07) is 10.3. The molecule has 0 saturated heterocycles. The molecule has 32 heavy (non-hydrogen) atoms. The van der Waals surface area contributed by atoms with Crippen molar-refractivity contribution in [3.8, 4) is 0 Å². The van der Waals surface area contributed by atoms with Gasteiger partial charge in [0.2, 0.25) is 0 Å². The first-order valence-corrected chi connectivity index (χ1v) is 10.5. The van der Waals surface area contributed by atoms with Gasteiger partial charge >= 0.3 is 0 Å². The lowest BCUT2D eigenvalue weighted by Gasteiger charge is -2.08. The van der Waals surface area contributed by atoms with Crippen LogP contribution in [0.15, 0.2) is 48.8 Å². The van der Waals surface area contributed by atoms with Gasteiger partial charge in [0.25, 0.3) is 11.8 Å². The van der Waals surface area contributed by atoms with Crippen molar-refractivity contribution in [1.29, 1.82) is 0 Å². The van der Waals surface area contributed by atoms with Crippen LogP contribution in [-0.4, -0.2) is 34.1 Å². The summed E-state index contributed by atoms with van der Waals surface area (Å²) in [5, 5.41) is 5.56. The number of ketones is 1. The molecular weight excluding hydrogens is 435 g/mol. The highest BCUT2D eigenvalue weighted by atomic mass is 35.5. The molecule has 164 valence electrons. The predicted octanol–water partition coefficient (Wildman–Crippen LogP) is 4.02. The largest absolute Gasteiger partial charge is 0.350 e. The summed E-state index contributed by atoms with van der Waals surface area (Å²) in [6.45, 7) is 0.586. The molecule has 0 atom stereocenters. The Bertz CT molecular complexity index is 1170. The van der Waals surface area contributed by atoms with Gasteiger partial charge in [0.05, 0.1) is 11.3 Å². The number of nitrogens with one attached hydrogen (secondary N) is 3. The number of nitrogens with zero attached hydrogens (tertiary/aromatic N) is 1. The average Bonchev–Trinajstić information content (AvgIpc) is 3.46. The summed E-state index contributed by atoms with van der Waals surface area (Å²) in [7, 11) is 0. The van der Waals surface area contributed by atoms with Gasteiger partial charge in [-0.1, -0.05) is 23.7 Å². The van der Waals surface area contributed by atoms with Crippen molar-refractivity contribution in [3.63, 3.8) is 0 Å². The third-order valence-corrected chi connectivity index (χ3v) is 5.45. The molecule has 0 spiro atoms. The lowest BCUT2D eigenvalue weighted by Crippen LogP contribution is -2.28. The van der Waals surface area contributed by atoms with Gasteiger partial charge in [0.1, 0.15) is 11.5 Å². The van der Waals surface area contributed by atoms with Crippen LogP contribution in [0.2, 0.25) is 5.02 Å². The molecule has 0 aliphatic heterocycles. The zero-order chi connectivity index (χ0) is 22.7. The summed E-state index contributed by atoms with van der Waals surface area (Å²) < 4.78 is 13.2. The molecule has 0 radical (unpaired) electrons. The Morgan fingerprint density at radius 3 is 2.53 bits per heavy atom. The molecule has 1 heterocycles. The number of aromatic nitrogens is 2. The average molecular weight is 455 g/mol. The van der Waals surface area contributed by atoms with Crippen molar-refractivity contribution in [2.45, 2.75) is 19.3 Å². The maximum atomic E-state index is 13.2. The van der Waals surface area contributed by atoms with Crippen molar-refractivity contribution in [3.05, 3.63) is 82.1 Å². The van der Waals surface area contributed by atoms with E-state index in [0.717, 1.165) is 18.9 Å². The van der Waals surface area contributed by atoms with Crippen LogP contribution in [0.5, 0.6) is 0 Å². The molecule has 2 amide bonds. The zero-order valence-electron chi connectivity index (χ0n) is 17.0. The molecule has 4 rings (SSSR count). The minimum Gasteiger partial charge on any atom is -0.350 e. The highest BCUT2D eigenvalue weighted by Gasteiger charge is 2.25. The van der Waals surface area contributed by atoms with E-state index in [9.17, 15) is 18.8 Å². The number of amides is 2. The van der Waals surface area contributed by atoms with Crippen LogP contribution in [0.4, 0.5) is 10.1 Å². The third-order valence-electron chi connectivity index (χ3n) is 5.14. The fourth-order valence-electron chi connectivity index (χ4n) is 3.18. The second kappa shape index (κ2) is 9.32. The number of halogens is 2. The van der Waals surface area contributed by atoms with E-state index in [4.69, 9.17) is 11.6 Å². The van der Waals surface area contributed by atoms with Gasteiger partial charge in [-0.3, -0.25) is 14.4 Å². The van der Waals surface area contributed by atoms with Crippen molar-refractivity contribution in [1.82, 2.24) is 15.3 Å². The number of Topliss-reactive ketones (excluding diaryl/α,β-unsaturated/α-hetero) is 1. The number of benzene rings is 2. The Labute approximate surface area is 188 Å². The minimum atomic E-state index is -0.523. The Balaban J connectivity index is 1.37. The van der Waals surface area contributed by atoms with E-state index >= 15 is 0 Å². The molecule has 1 aliphatic carbocycles. The van der Waals surface area contributed by atoms with Crippen LogP contribution < -0.4 is 10.6 Å². The number of imidazole rings is 1. The molecular formula is C23H20ClFN4O3. The van der Waals surface area contributed by atoms with Gasteiger partial charge < -0.3 is 15.6 Å². The van der Waals surface area contributed by atoms with E-state index in [-0.39, 0.29) is 40.1 Å². The van der Waals surface area contributed by atoms with Gasteiger partial charge in [-0.05, 0) is 54.7 Å². The fourth-order valence-corrected chi connectivity index (χ4v) is 3.45. The molecule has 9 heteroatoms. The zero-order valence-corrected chi connectivity index (χ0v) is 17.7. The Kier molecular flexibility index (Phi) is 6.32. The lowest BCUT2D eigenvalue weighted by atomic mass is 10.0. The molecule has 1 aliphatic rings. The van der Waals surface area contributed by atoms with Crippen LogP contribution in [0, 0.1) is 11.7 Å². The van der Waals surface area contributed by atoms with E-state index in [1.165, 1.54) is 18.5 Å². The first-order chi connectivity index (χ1) is 15.4. The van der Waals surface area contributed by atoms with Crippen molar-refractivity contribution in [2.75, 3.05) is 11.9 Å². The van der Waals surface area contributed by atoms with Crippen LogP contribution in [0.1, 0.15) is 49.7 Å². The molecule has 2 aromatic carbocycles. The van der Waals surface area contributed by atoms with Gasteiger partial charge in [-0.2, -0.15) is 0 Å². The SMILES string of the molecule is O=C(Cc1ccc(NC(=O)c2nc[nH]c2C(=O)NCC2CC2)cc1)c1ccc(F)cc1Cl. The number of rotatable bonds is 8. The van der Waals surface area contributed by atoms with E-state index in [1.54, 1.807) is 24.3 Å². The molecule has 0 unspecified atom stereocenters. The Hall–Kier alpha value is -3.52. The van der Waals surface area contributed by atoms with Crippen LogP contribution in [-0.2, 0) is 6.42 Å². The summed E-state index contributed by atoms with van der Waals surface area (Å²) in [6.07, 6.45) is 3.59. The molecule has 3 aromatic rings. The van der Waals surface area contributed by atoms with E-state index in [1.807, 2.05) is 0 Å². The van der Waals surface area contributed by atoms with Crippen LogP contribution >= 0.6 is 11.6 Å². The summed E-state index contributed by atoms with van der Waals surface area (Å²) in [4.78, 5) is 44.0. The molecule has 1 aromatic heterocycles. The third kappa shape index (κ3) is 5.20. The van der Waals surface area contributed by atoms with E-state index < -0.39 is 11.7 Å². The number of anilines is 1. The molecule has 1 saturated carbocycles. The normalized spacial score (nSPS) is 12.9. The first kappa shape index (κ1) is 21.7. The first-order valence-electron chi connectivity index (χ1n) is 10.1. The second-order valence-corrected chi connectivity index (χ2v) is 8.06. The Morgan fingerprint density at radius 2 is 1.84 bits per heavy atom. The van der Waals surface area contributed by atoms with Crippen molar-refractivity contribution < 1.29 is 18.8 Å². The molecule has 0 bridgehead atoms. The number of carbonyl (C=O) groups is 3. The number of hydrogen-bond acceptors (Lipinski definition) is 4. The molecule has 7 nitrogen and oxygen atoms in total. The van der Waals surface area contributed by atoms with Crippen LogP contribution in [0.3, 0.4) is 0 Å². The quantitative estimate of drug-likeness (QED) is 0.447. The molecule has 1 fully saturated rings. The van der Waals surface area contributed by atoms with Crippen LogP contribution in [0.25, 0.3) is 0 Å². The standard InChI is InChI=1S/C23H20ClFN4O3/c24-18-10-15(25)5-8-17(18)19(30)9-13-3-6-16(7-4-13)29-23(32)21-20(27-12-28-21)22(31)26-11-14-1-2-14/h3-8,10,12,14H,1-2,9,11H2,(H,26,31)(H,27,28)(H,29,32). The summed E-state index contributed by atoms with van der Waals surface area (Å²) >= 11 is 5.95. The molecule has 3 N–H and O–H groups in total. The minimum absolute atomic E-state index is 0.00324. The number of H-pyrrole nitrogens is 1. The van der Waals surface area contributed by atoms with E-state index in [2.05, 4.69) is 20.6 Å². The number of carbonyl (C=O) groups excluding carboxylic acids is 3. The van der Waals surface area contributed by atoms with Gasteiger partial charge in [0, 0.05) is 24.2 Å². The predicted molar refractivity (Wildman–Crippen MR) is 117 cm³/mol. The maximum absolute atomic E-state index is 13.2. The van der Waals surface area contributed by atoms with Crippen molar-refractivity contribution >= 4 is 34.9 Å². The number of hydrogen-bond donors (Lipinski definition) is 3. The summed E-state index contributed by atoms with van der Waals surface area (Å²) in [5.41, 5.74) is 1.55. The lowest BCUT2D eigenvalue weighted by molar-refractivity contribution is 0.0933. The number of aromatic amines is 1. The van der Waals surface area contributed by atoms with Crippen molar-refractivity contribution in [2.24, 2.45) is 5.92 Å². The summed E-state index contributed by atoms with van der Waals surface area (Å²) in [5.74, 6) is -1.13. The smallest absolute Gasteiger partial charge is 0.276 e. The van der Waals surface area contributed by atoms with Gasteiger partial charge in [-0.25, -0.2) is 9.37 Å². The van der Waals surface area contributed by atoms with Gasteiger partial charge in [0.15, 0.2) is 11.5 Å². The topological polar surface area (TPSA) is 104 Å². The monoisotopic (exact) mass is 454 g/mol. The van der Waals surface area contributed by atoms with Gasteiger partial charge in [-0.15, -0.1) is 0 Å². The maximum Gasteiger partial charge on any atom is 0.276 e. The van der Waals surface area contributed by atoms with E-state index in [0.29, 0.717) is 23.7 Å². The highest BCUT2D eigenvalue weighted by molar-refractivity contribution is 6.34. The fraction of sp³-hybridized carbons (Fsp3) is 0.217. The second-order valence-electron chi connectivity index (χ2n) is 7.65.